The summed E-state index contributed by atoms with van der Waals surface area (Å²) >= 11 is 0. The zero-order valence-electron chi connectivity index (χ0n) is 21.0. The second-order valence-electron chi connectivity index (χ2n) is 9.70. The Morgan fingerprint density at radius 2 is 1.85 bits per heavy atom. The van der Waals surface area contributed by atoms with Gasteiger partial charge in [0.1, 0.15) is 23.5 Å². The summed E-state index contributed by atoms with van der Waals surface area (Å²) in [5.74, 6) is 1.91. The number of hydrogen-bond donors (Lipinski definition) is 2. The van der Waals surface area contributed by atoms with Crippen molar-refractivity contribution in [1.29, 1.82) is 5.41 Å². The van der Waals surface area contributed by atoms with E-state index in [0.717, 1.165) is 43.1 Å². The smallest absolute Gasteiger partial charge is 0.434 e. The van der Waals surface area contributed by atoms with Gasteiger partial charge in [0.25, 0.3) is 0 Å². The predicted octanol–water partition coefficient (Wildman–Crippen LogP) is 5.65. The quantitative estimate of drug-likeness (QED) is 0.267. The summed E-state index contributed by atoms with van der Waals surface area (Å²) < 4.78 is 47.0. The topological polar surface area (TPSA) is 114 Å². The van der Waals surface area contributed by atoms with Gasteiger partial charge in [-0.2, -0.15) is 13.2 Å². The lowest BCUT2D eigenvalue weighted by molar-refractivity contribution is -0.140. The fourth-order valence-electron chi connectivity index (χ4n) is 4.50. The minimum Gasteiger partial charge on any atom is -0.480 e. The monoisotopic (exact) mass is 534 g/mol. The summed E-state index contributed by atoms with van der Waals surface area (Å²) in [4.78, 5) is 21.7. The molecule has 0 bridgehead atoms. The Labute approximate surface area is 222 Å². The molecule has 2 saturated carbocycles. The number of aromatic nitrogens is 6. The Balaban J connectivity index is 1.24. The SMILES string of the molecule is COc1ncnc(C2CC2)c1-c1ncc(C=N)c(NCc2ccc(-c3nc(C(F)(F)F)cn3C3CC3)cc2)n1. The first kappa shape index (κ1) is 25.0. The van der Waals surface area contributed by atoms with E-state index in [1.165, 1.54) is 19.7 Å². The van der Waals surface area contributed by atoms with Crippen LogP contribution < -0.4 is 10.1 Å². The van der Waals surface area contributed by atoms with Crippen molar-refractivity contribution >= 4 is 12.0 Å². The van der Waals surface area contributed by atoms with E-state index in [9.17, 15) is 13.2 Å². The van der Waals surface area contributed by atoms with E-state index in [-0.39, 0.29) is 6.04 Å². The van der Waals surface area contributed by atoms with Crippen LogP contribution >= 0.6 is 0 Å². The van der Waals surface area contributed by atoms with Crippen molar-refractivity contribution in [3.05, 3.63) is 65.5 Å². The molecule has 0 amide bonds. The van der Waals surface area contributed by atoms with Gasteiger partial charge in [-0.05, 0) is 31.2 Å². The number of imidazole rings is 1. The normalized spacial score (nSPS) is 15.3. The van der Waals surface area contributed by atoms with Crippen molar-refractivity contribution < 1.29 is 17.9 Å². The van der Waals surface area contributed by atoms with Crippen LogP contribution in [0.3, 0.4) is 0 Å². The van der Waals surface area contributed by atoms with Gasteiger partial charge in [-0.1, -0.05) is 24.3 Å². The number of methoxy groups -OCH3 is 1. The third kappa shape index (κ3) is 5.06. The maximum absolute atomic E-state index is 13.3. The molecule has 200 valence electrons. The number of rotatable bonds is 9. The number of benzene rings is 1. The first-order chi connectivity index (χ1) is 18.9. The van der Waals surface area contributed by atoms with Gasteiger partial charge in [0.2, 0.25) is 5.88 Å². The molecule has 2 aliphatic carbocycles. The van der Waals surface area contributed by atoms with Crippen LogP contribution in [0.1, 0.15) is 60.2 Å². The molecule has 9 nitrogen and oxygen atoms in total. The van der Waals surface area contributed by atoms with Crippen LogP contribution in [-0.2, 0) is 12.7 Å². The Morgan fingerprint density at radius 1 is 1.08 bits per heavy atom. The van der Waals surface area contributed by atoms with Gasteiger partial charge in [-0.15, -0.1) is 0 Å². The lowest BCUT2D eigenvalue weighted by Gasteiger charge is -2.13. The lowest BCUT2D eigenvalue weighted by atomic mass is 10.1. The summed E-state index contributed by atoms with van der Waals surface area (Å²) in [5, 5.41) is 11.0. The van der Waals surface area contributed by atoms with Gasteiger partial charge in [0, 0.05) is 42.7 Å². The maximum Gasteiger partial charge on any atom is 0.434 e. The predicted molar refractivity (Wildman–Crippen MR) is 138 cm³/mol. The summed E-state index contributed by atoms with van der Waals surface area (Å²) in [6.07, 6.45) is 4.60. The molecule has 2 fully saturated rings. The van der Waals surface area contributed by atoms with Crippen LogP contribution in [0.15, 0.2) is 43.0 Å². The molecule has 0 saturated heterocycles. The third-order valence-corrected chi connectivity index (χ3v) is 6.83. The highest BCUT2D eigenvalue weighted by Crippen LogP contribution is 2.45. The van der Waals surface area contributed by atoms with Crippen LogP contribution in [0.25, 0.3) is 22.8 Å². The van der Waals surface area contributed by atoms with E-state index in [0.29, 0.717) is 52.5 Å². The van der Waals surface area contributed by atoms with Crippen molar-refractivity contribution in [2.75, 3.05) is 12.4 Å². The zero-order valence-corrected chi connectivity index (χ0v) is 21.0. The fourth-order valence-corrected chi connectivity index (χ4v) is 4.50. The molecule has 39 heavy (non-hydrogen) atoms. The molecule has 6 rings (SSSR count). The molecule has 1 aromatic carbocycles. The minimum atomic E-state index is -4.49. The van der Waals surface area contributed by atoms with Crippen molar-refractivity contribution in [2.24, 2.45) is 0 Å². The number of nitrogens with zero attached hydrogens (tertiary/aromatic N) is 6. The van der Waals surface area contributed by atoms with E-state index in [1.807, 2.05) is 12.1 Å². The molecule has 0 unspecified atom stereocenters. The first-order valence-corrected chi connectivity index (χ1v) is 12.6. The second kappa shape index (κ2) is 9.75. The van der Waals surface area contributed by atoms with Gasteiger partial charge in [0.15, 0.2) is 11.5 Å². The van der Waals surface area contributed by atoms with Gasteiger partial charge in [-0.25, -0.2) is 24.9 Å². The number of nitrogens with one attached hydrogen (secondary N) is 2. The molecule has 0 radical (unpaired) electrons. The van der Waals surface area contributed by atoms with Crippen molar-refractivity contribution in [1.82, 2.24) is 29.5 Å². The molecule has 3 aromatic heterocycles. The maximum atomic E-state index is 13.3. The van der Waals surface area contributed by atoms with Crippen LogP contribution in [0.4, 0.5) is 19.0 Å². The number of ether oxygens (including phenoxy) is 1. The largest absolute Gasteiger partial charge is 0.480 e. The van der Waals surface area contributed by atoms with E-state index >= 15 is 0 Å². The van der Waals surface area contributed by atoms with Crippen molar-refractivity contribution in [3.63, 3.8) is 0 Å². The average molecular weight is 535 g/mol. The van der Waals surface area contributed by atoms with Crippen LogP contribution in [0.2, 0.25) is 0 Å². The lowest BCUT2D eigenvalue weighted by Crippen LogP contribution is -2.08. The third-order valence-electron chi connectivity index (χ3n) is 6.83. The van der Waals surface area contributed by atoms with Gasteiger partial charge < -0.3 is 20.0 Å². The number of anilines is 1. The summed E-state index contributed by atoms with van der Waals surface area (Å²) in [7, 11) is 1.54. The van der Waals surface area contributed by atoms with Gasteiger partial charge in [-0.3, -0.25) is 0 Å². The van der Waals surface area contributed by atoms with Crippen molar-refractivity contribution in [3.8, 4) is 28.7 Å². The standard InChI is InChI=1S/C27H25F3N8O/c1-39-26-21(22(16-6-7-16)34-14-35-26)24-33-12-18(10-31)23(37-24)32-11-15-2-4-17(5-3-15)25-36-20(27(28,29)30)13-38(25)19-8-9-19/h2-5,10,12-14,16,19,31H,6-9,11H2,1H3,(H,32,33,37). The highest BCUT2D eigenvalue weighted by molar-refractivity contribution is 5.84. The van der Waals surface area contributed by atoms with Crippen LogP contribution in [0, 0.1) is 5.41 Å². The Kier molecular flexibility index (Phi) is 6.24. The van der Waals surface area contributed by atoms with Crippen LogP contribution in [0.5, 0.6) is 5.88 Å². The molecule has 2 N–H and O–H groups in total. The molecule has 0 spiro atoms. The summed E-state index contributed by atoms with van der Waals surface area (Å²) in [6, 6.07) is 7.29. The van der Waals surface area contributed by atoms with E-state index < -0.39 is 11.9 Å². The summed E-state index contributed by atoms with van der Waals surface area (Å²) in [6.45, 7) is 0.375. The Morgan fingerprint density at radius 3 is 2.49 bits per heavy atom. The average Bonchev–Trinajstić information content (AvgIpc) is 3.89. The van der Waals surface area contributed by atoms with Gasteiger partial charge in [0.05, 0.1) is 18.4 Å². The zero-order chi connectivity index (χ0) is 27.1. The highest BCUT2D eigenvalue weighted by Gasteiger charge is 2.37. The van der Waals surface area contributed by atoms with E-state index in [4.69, 9.17) is 10.1 Å². The number of halogens is 3. The highest BCUT2D eigenvalue weighted by atomic mass is 19.4. The fraction of sp³-hybridized carbons (Fsp3) is 0.333. The molecule has 2 aliphatic rings. The Hall–Kier alpha value is -4.35. The van der Waals surface area contributed by atoms with Gasteiger partial charge >= 0.3 is 6.18 Å². The molecule has 3 heterocycles. The molecule has 0 aliphatic heterocycles. The second-order valence-corrected chi connectivity index (χ2v) is 9.70. The summed E-state index contributed by atoms with van der Waals surface area (Å²) in [5.41, 5.74) is 2.63. The molecule has 0 atom stereocenters. The molecular formula is C27H25F3N8O. The number of alkyl halides is 3. The molecule has 12 heteroatoms. The van der Waals surface area contributed by atoms with Crippen LogP contribution in [-0.4, -0.2) is 42.8 Å². The molecular weight excluding hydrogens is 509 g/mol. The number of hydrogen-bond acceptors (Lipinski definition) is 8. The van der Waals surface area contributed by atoms with E-state index in [2.05, 4.69) is 30.2 Å². The first-order valence-electron chi connectivity index (χ1n) is 12.6. The van der Waals surface area contributed by atoms with Crippen molar-refractivity contribution in [2.45, 2.75) is 50.4 Å². The molecule has 4 aromatic rings. The van der Waals surface area contributed by atoms with E-state index in [1.54, 1.807) is 22.9 Å². The Bertz CT molecular complexity index is 1530. The minimum absolute atomic E-state index is 0.0607.